The number of hydrogen-bond acceptors (Lipinski definition) is 10. The molecule has 0 aliphatic carbocycles. The van der Waals surface area contributed by atoms with Crippen LogP contribution in [0.25, 0.3) is 0 Å². The third kappa shape index (κ3) is 12.4. The summed E-state index contributed by atoms with van der Waals surface area (Å²) in [5.41, 5.74) is 1.65. The molecule has 2 saturated heterocycles. The third-order valence-electron chi connectivity index (χ3n) is 10.0. The van der Waals surface area contributed by atoms with E-state index >= 15 is 0 Å². The van der Waals surface area contributed by atoms with Crippen LogP contribution in [0.15, 0.2) is 60.7 Å². The highest BCUT2D eigenvalue weighted by Crippen LogP contribution is 2.41. The van der Waals surface area contributed by atoms with E-state index < -0.39 is 44.4 Å². The average molecular weight is 825 g/mol. The SMILES string of the molecule is CCCNC(=O)[C@@H](NC(=O)Cc1ccccc1)[C@@H]1N[C@@H](C(=O)N(C)CCN(C)C(=O)[C@@H]2N[C@@H]([C@H](NC(=O)Cc3ccccc3)C(=O)NCC)SC2(C)C)C(C)(C)S1. The van der Waals surface area contributed by atoms with E-state index in [0.29, 0.717) is 13.1 Å². The Morgan fingerprint density at radius 2 is 1.04 bits per heavy atom. The maximum atomic E-state index is 14.0. The van der Waals surface area contributed by atoms with Crippen LogP contribution in [0.3, 0.4) is 0 Å². The molecule has 0 spiro atoms. The summed E-state index contributed by atoms with van der Waals surface area (Å²) >= 11 is 2.86. The molecule has 2 fully saturated rings. The third-order valence-corrected chi connectivity index (χ3v) is 13.1. The van der Waals surface area contributed by atoms with Crippen LogP contribution in [-0.2, 0) is 41.6 Å². The number of thioether (sulfide) groups is 2. The maximum Gasteiger partial charge on any atom is 0.245 e. The van der Waals surface area contributed by atoms with Crippen LogP contribution in [0, 0.1) is 0 Å². The standard InChI is InChI=1S/C41H60N8O6S2/c1-9-21-43-35(53)31(45-29(51)25-27-19-15-12-16-20-27)37-47-33(41(5,6)57-37)39(55)49(8)23-22-48(7)38(54)32-40(3,4)56-36(46-32)30(34(52)42-10-2)44-28(50)24-26-17-13-11-14-18-26/h11-20,30-33,36-37,46-47H,9-10,21-25H2,1-8H3,(H,42,52)(H,43,53)(H,44,50)(H,45,51)/t30-,31-,32+,33+,36-,37-/m1/s1. The monoisotopic (exact) mass is 824 g/mol. The van der Waals surface area contributed by atoms with Crippen LogP contribution >= 0.6 is 23.5 Å². The van der Waals surface area contributed by atoms with E-state index in [9.17, 15) is 28.8 Å². The molecule has 4 rings (SSSR count). The molecule has 2 aromatic rings. The number of amides is 6. The predicted molar refractivity (Wildman–Crippen MR) is 226 cm³/mol. The van der Waals surface area contributed by atoms with E-state index in [1.165, 1.54) is 23.5 Å². The van der Waals surface area contributed by atoms with Crippen molar-refractivity contribution in [3.05, 3.63) is 71.8 Å². The quantitative estimate of drug-likeness (QED) is 0.130. The van der Waals surface area contributed by atoms with Crippen molar-refractivity contribution in [2.24, 2.45) is 0 Å². The molecule has 16 heteroatoms. The molecule has 312 valence electrons. The molecule has 0 radical (unpaired) electrons. The highest BCUT2D eigenvalue weighted by Gasteiger charge is 2.51. The Kier molecular flexibility index (Phi) is 16.4. The van der Waals surface area contributed by atoms with Gasteiger partial charge in [-0.25, -0.2) is 0 Å². The fourth-order valence-electron chi connectivity index (χ4n) is 6.83. The Morgan fingerprint density at radius 3 is 1.40 bits per heavy atom. The summed E-state index contributed by atoms with van der Waals surface area (Å²) in [7, 11) is 3.36. The molecule has 6 amide bonds. The number of nitrogens with one attached hydrogen (secondary N) is 6. The van der Waals surface area contributed by atoms with E-state index in [1.54, 1.807) is 30.8 Å². The maximum absolute atomic E-state index is 14.0. The van der Waals surface area contributed by atoms with E-state index in [1.807, 2.05) is 95.3 Å². The van der Waals surface area contributed by atoms with Gasteiger partial charge in [0, 0.05) is 49.8 Å². The van der Waals surface area contributed by atoms with Crippen LogP contribution in [0.2, 0.25) is 0 Å². The summed E-state index contributed by atoms with van der Waals surface area (Å²) in [6.07, 6.45) is 0.958. The summed E-state index contributed by atoms with van der Waals surface area (Å²) in [5, 5.41) is 17.1. The molecule has 6 N–H and O–H groups in total. The van der Waals surface area contributed by atoms with Gasteiger partial charge in [0.2, 0.25) is 35.4 Å². The van der Waals surface area contributed by atoms with Gasteiger partial charge in [0.25, 0.3) is 0 Å². The Labute approximate surface area is 345 Å². The lowest BCUT2D eigenvalue weighted by molar-refractivity contribution is -0.136. The molecular formula is C41H60N8O6S2. The van der Waals surface area contributed by atoms with Crippen molar-refractivity contribution < 1.29 is 28.8 Å². The molecule has 0 unspecified atom stereocenters. The van der Waals surface area contributed by atoms with Crippen LogP contribution in [0.4, 0.5) is 0 Å². The molecule has 2 aliphatic heterocycles. The summed E-state index contributed by atoms with van der Waals surface area (Å²) < 4.78 is -1.26. The van der Waals surface area contributed by atoms with Crippen molar-refractivity contribution in [2.45, 2.75) is 105 Å². The van der Waals surface area contributed by atoms with Crippen LogP contribution in [0.5, 0.6) is 0 Å². The minimum atomic E-state index is -0.921. The second-order valence-corrected chi connectivity index (χ2v) is 19.2. The first kappa shape index (κ1) is 45.6. The largest absolute Gasteiger partial charge is 0.355 e. The summed E-state index contributed by atoms with van der Waals surface area (Å²) in [6.45, 7) is 12.8. The Bertz CT molecular complexity index is 1720. The minimum absolute atomic E-state index is 0.113. The van der Waals surface area contributed by atoms with Crippen molar-refractivity contribution in [1.82, 2.24) is 41.7 Å². The molecule has 2 aliphatic rings. The van der Waals surface area contributed by atoms with Gasteiger partial charge < -0.3 is 31.1 Å². The van der Waals surface area contributed by atoms with Crippen LogP contribution in [0.1, 0.15) is 59.1 Å². The second kappa shape index (κ2) is 20.5. The number of benzene rings is 2. The Morgan fingerprint density at radius 1 is 0.649 bits per heavy atom. The average Bonchev–Trinajstić information content (AvgIpc) is 3.67. The zero-order valence-electron chi connectivity index (χ0n) is 34.3. The lowest BCUT2D eigenvalue weighted by Crippen LogP contribution is -2.59. The highest BCUT2D eigenvalue weighted by molar-refractivity contribution is 8.01. The first-order valence-corrected chi connectivity index (χ1v) is 21.3. The number of hydrogen-bond donors (Lipinski definition) is 6. The zero-order chi connectivity index (χ0) is 41.9. The van der Waals surface area contributed by atoms with Crippen molar-refractivity contribution in [3.8, 4) is 0 Å². The molecule has 2 heterocycles. The summed E-state index contributed by atoms with van der Waals surface area (Å²) in [4.78, 5) is 83.9. The fourth-order valence-corrected chi connectivity index (χ4v) is 9.81. The number of carbonyl (C=O) groups excluding carboxylic acids is 6. The van der Waals surface area contributed by atoms with E-state index in [-0.39, 0.29) is 61.4 Å². The van der Waals surface area contributed by atoms with Crippen LogP contribution in [-0.4, -0.2) is 130 Å². The molecule has 2 aromatic carbocycles. The number of carbonyl (C=O) groups is 6. The van der Waals surface area contributed by atoms with Gasteiger partial charge in [0.1, 0.15) is 24.2 Å². The van der Waals surface area contributed by atoms with Crippen molar-refractivity contribution >= 4 is 59.0 Å². The second-order valence-electron chi connectivity index (χ2n) is 15.6. The predicted octanol–water partition coefficient (Wildman–Crippen LogP) is 1.64. The van der Waals surface area contributed by atoms with Gasteiger partial charge in [0.15, 0.2) is 0 Å². The first-order valence-electron chi connectivity index (χ1n) is 19.6. The summed E-state index contributed by atoms with van der Waals surface area (Å²) in [6, 6.07) is 15.4. The first-order chi connectivity index (χ1) is 27.0. The normalized spacial score (nSPS) is 21.8. The lowest BCUT2D eigenvalue weighted by Gasteiger charge is -2.32. The minimum Gasteiger partial charge on any atom is -0.355 e. The molecule has 57 heavy (non-hydrogen) atoms. The molecule has 6 atom stereocenters. The van der Waals surface area contributed by atoms with Gasteiger partial charge in [-0.15, -0.1) is 23.5 Å². The molecule has 0 saturated carbocycles. The number of likely N-dealkylation sites (N-methyl/N-ethyl adjacent to an activating group) is 3. The number of nitrogens with zero attached hydrogens (tertiary/aromatic N) is 2. The Hall–Kier alpha value is -4.12. The van der Waals surface area contributed by atoms with E-state index in [4.69, 9.17) is 0 Å². The fraction of sp³-hybridized carbons (Fsp3) is 0.561. The van der Waals surface area contributed by atoms with Crippen molar-refractivity contribution in [3.63, 3.8) is 0 Å². The van der Waals surface area contributed by atoms with Gasteiger partial charge in [-0.3, -0.25) is 39.4 Å². The topological polar surface area (TPSA) is 181 Å². The molecule has 0 bridgehead atoms. The zero-order valence-corrected chi connectivity index (χ0v) is 36.0. The lowest BCUT2D eigenvalue weighted by atomic mass is 10.0. The van der Waals surface area contributed by atoms with Gasteiger partial charge in [-0.1, -0.05) is 67.6 Å². The highest BCUT2D eigenvalue weighted by atomic mass is 32.2. The van der Waals surface area contributed by atoms with Gasteiger partial charge in [0.05, 0.1) is 23.6 Å². The smallest absolute Gasteiger partial charge is 0.245 e. The molecule has 0 aromatic heterocycles. The van der Waals surface area contributed by atoms with Gasteiger partial charge in [-0.05, 0) is 52.2 Å². The van der Waals surface area contributed by atoms with Crippen molar-refractivity contribution in [1.29, 1.82) is 0 Å². The van der Waals surface area contributed by atoms with Gasteiger partial charge in [-0.2, -0.15) is 0 Å². The van der Waals surface area contributed by atoms with E-state index in [0.717, 1.165) is 17.5 Å². The summed E-state index contributed by atoms with van der Waals surface area (Å²) in [5.74, 6) is -1.67. The number of rotatable bonds is 18. The van der Waals surface area contributed by atoms with Crippen molar-refractivity contribution in [2.75, 3.05) is 40.3 Å². The van der Waals surface area contributed by atoms with Gasteiger partial charge >= 0.3 is 0 Å². The Balaban J connectivity index is 1.37. The van der Waals surface area contributed by atoms with E-state index in [2.05, 4.69) is 31.9 Å². The van der Waals surface area contributed by atoms with Crippen LogP contribution < -0.4 is 31.9 Å². The molecular weight excluding hydrogens is 765 g/mol. The molecule has 14 nitrogen and oxygen atoms in total.